The topological polar surface area (TPSA) is 74.7 Å². The summed E-state index contributed by atoms with van der Waals surface area (Å²) in [4.78, 5) is 13.4. The largest absolute Gasteiger partial charge is 0.371 e. The van der Waals surface area contributed by atoms with Crippen LogP contribution in [0.1, 0.15) is 11.1 Å². The van der Waals surface area contributed by atoms with Gasteiger partial charge < -0.3 is 10.0 Å². The molecule has 1 heterocycles. The van der Waals surface area contributed by atoms with Crippen LogP contribution < -0.4 is 4.90 Å². The van der Waals surface area contributed by atoms with Gasteiger partial charge in [-0.05, 0) is 25.1 Å². The van der Waals surface area contributed by atoms with Crippen LogP contribution in [0.2, 0.25) is 0 Å². The summed E-state index contributed by atoms with van der Waals surface area (Å²) in [7, 11) is -2.59. The Bertz CT molecular complexity index is 950. The molecule has 3 rings (SSSR count). The monoisotopic (exact) mass is 343 g/mol. The van der Waals surface area contributed by atoms with E-state index in [-0.39, 0.29) is 10.5 Å². The fourth-order valence-electron chi connectivity index (χ4n) is 2.91. The number of anilines is 1. The van der Waals surface area contributed by atoms with Crippen molar-refractivity contribution in [2.75, 3.05) is 11.9 Å². The summed E-state index contributed by atoms with van der Waals surface area (Å²) in [5.74, 6) is -0.729. The average molecular weight is 343 g/mol. The van der Waals surface area contributed by atoms with Gasteiger partial charge in [-0.1, -0.05) is 42.5 Å². The summed E-state index contributed by atoms with van der Waals surface area (Å²) in [5, 5.41) is 11.1. The van der Waals surface area contributed by atoms with Gasteiger partial charge in [0.15, 0.2) is 0 Å². The maximum Gasteiger partial charge on any atom is 0.268 e. The van der Waals surface area contributed by atoms with Crippen molar-refractivity contribution >= 4 is 21.4 Å². The van der Waals surface area contributed by atoms with Crippen LogP contribution in [-0.2, 0) is 20.2 Å². The van der Waals surface area contributed by atoms with Crippen molar-refractivity contribution in [1.29, 1.82) is 0 Å². The van der Waals surface area contributed by atoms with E-state index in [4.69, 9.17) is 0 Å². The molecule has 5 nitrogen and oxygen atoms in total. The predicted molar refractivity (Wildman–Crippen MR) is 91.3 cm³/mol. The van der Waals surface area contributed by atoms with Crippen molar-refractivity contribution in [2.45, 2.75) is 17.4 Å². The van der Waals surface area contributed by atoms with Crippen LogP contribution >= 0.6 is 0 Å². The lowest BCUT2D eigenvalue weighted by Gasteiger charge is -2.24. The van der Waals surface area contributed by atoms with Crippen molar-refractivity contribution in [1.82, 2.24) is 0 Å². The number of hydrogen-bond donors (Lipinski definition) is 1. The van der Waals surface area contributed by atoms with E-state index in [1.54, 1.807) is 43.3 Å². The molecule has 1 N–H and O–H groups in total. The number of carbonyl (C=O) groups excluding carboxylic acids is 1. The lowest BCUT2D eigenvalue weighted by Crippen LogP contribution is -2.42. The molecule has 0 aromatic heterocycles. The Morgan fingerprint density at radius 3 is 2.42 bits per heavy atom. The highest BCUT2D eigenvalue weighted by molar-refractivity contribution is 7.95. The van der Waals surface area contributed by atoms with E-state index < -0.39 is 26.3 Å². The number of sulfone groups is 1. The van der Waals surface area contributed by atoms with E-state index in [1.807, 2.05) is 0 Å². The summed E-state index contributed by atoms with van der Waals surface area (Å²) in [6, 6.07) is 12.7. The van der Waals surface area contributed by atoms with Gasteiger partial charge >= 0.3 is 0 Å². The third-order valence-corrected chi connectivity index (χ3v) is 6.14. The van der Waals surface area contributed by atoms with Crippen LogP contribution in [0.15, 0.2) is 64.9 Å². The maximum absolute atomic E-state index is 12.8. The second-order valence-corrected chi connectivity index (χ2v) is 7.81. The Morgan fingerprint density at radius 1 is 1.17 bits per heavy atom. The summed E-state index contributed by atoms with van der Waals surface area (Å²) < 4.78 is 25.7. The third kappa shape index (κ3) is 2.11. The van der Waals surface area contributed by atoms with Crippen molar-refractivity contribution in [3.63, 3.8) is 0 Å². The summed E-state index contributed by atoms with van der Waals surface area (Å²) in [6.45, 7) is 5.39. The number of carbonyl (C=O) groups is 1. The van der Waals surface area contributed by atoms with Crippen LogP contribution in [0.5, 0.6) is 0 Å². The van der Waals surface area contributed by atoms with Gasteiger partial charge in [0.05, 0.1) is 15.5 Å². The minimum absolute atomic E-state index is 0.0139. The predicted octanol–water partition coefficient (Wildman–Crippen LogP) is 2.15. The minimum Gasteiger partial charge on any atom is -0.371 e. The molecule has 0 saturated carbocycles. The minimum atomic E-state index is -4.08. The normalized spacial score (nSPS) is 20.1. The lowest BCUT2D eigenvalue weighted by molar-refractivity contribution is -0.131. The molecule has 6 heteroatoms. The molecule has 0 radical (unpaired) electrons. The molecule has 1 atom stereocenters. The molecule has 0 aliphatic carbocycles. The molecule has 24 heavy (non-hydrogen) atoms. The number of aliphatic hydroxyl groups is 1. The molecule has 1 unspecified atom stereocenters. The maximum atomic E-state index is 12.8. The van der Waals surface area contributed by atoms with E-state index in [1.165, 1.54) is 24.1 Å². The Hall–Kier alpha value is -2.44. The quantitative estimate of drug-likeness (QED) is 0.927. The molecule has 1 aliphatic rings. The fraction of sp³-hybridized carbons (Fsp3) is 0.167. The summed E-state index contributed by atoms with van der Waals surface area (Å²) in [6.07, 6.45) is 0. The summed E-state index contributed by atoms with van der Waals surface area (Å²) in [5.41, 5.74) is -0.790. The third-order valence-electron chi connectivity index (χ3n) is 4.30. The van der Waals surface area contributed by atoms with Gasteiger partial charge in [-0.2, -0.15) is 0 Å². The first kappa shape index (κ1) is 16.4. The van der Waals surface area contributed by atoms with Gasteiger partial charge in [0.2, 0.25) is 15.4 Å². The molecule has 0 bridgehead atoms. The van der Waals surface area contributed by atoms with E-state index in [0.29, 0.717) is 5.69 Å². The van der Waals surface area contributed by atoms with Crippen LogP contribution in [0.25, 0.3) is 0 Å². The zero-order valence-electron chi connectivity index (χ0n) is 13.4. The number of nitrogens with zero attached hydrogens (tertiary/aromatic N) is 1. The van der Waals surface area contributed by atoms with Gasteiger partial charge in [-0.3, -0.25) is 4.79 Å². The molecule has 0 saturated heterocycles. The van der Waals surface area contributed by atoms with Crippen molar-refractivity contribution in [3.8, 4) is 0 Å². The van der Waals surface area contributed by atoms with Gasteiger partial charge in [0.1, 0.15) is 0 Å². The smallest absolute Gasteiger partial charge is 0.268 e. The van der Waals surface area contributed by atoms with Crippen LogP contribution in [0.4, 0.5) is 5.69 Å². The number of fused-ring (bicyclic) bond motifs is 1. The number of aryl methyl sites for hydroxylation is 1. The van der Waals surface area contributed by atoms with Gasteiger partial charge in [-0.25, -0.2) is 8.42 Å². The van der Waals surface area contributed by atoms with E-state index >= 15 is 0 Å². The van der Waals surface area contributed by atoms with Crippen LogP contribution in [-0.4, -0.2) is 26.5 Å². The summed E-state index contributed by atoms with van der Waals surface area (Å²) >= 11 is 0. The highest BCUT2D eigenvalue weighted by atomic mass is 32.2. The number of likely N-dealkylation sites (N-methyl/N-ethyl adjacent to an activating group) is 1. The average Bonchev–Trinajstić information content (AvgIpc) is 2.77. The number of hydrogen-bond acceptors (Lipinski definition) is 4. The molecule has 2 aromatic rings. The van der Waals surface area contributed by atoms with Crippen molar-refractivity contribution in [3.05, 3.63) is 71.1 Å². The first-order valence-electron chi connectivity index (χ1n) is 7.32. The highest BCUT2D eigenvalue weighted by Crippen LogP contribution is 2.46. The Balaban J connectivity index is 2.20. The Morgan fingerprint density at radius 2 is 1.79 bits per heavy atom. The second kappa shape index (κ2) is 5.29. The molecule has 1 amide bonds. The molecule has 124 valence electrons. The number of benzene rings is 2. The molecular weight excluding hydrogens is 326 g/mol. The molecular formula is C18H17NO4S. The van der Waals surface area contributed by atoms with Gasteiger partial charge in [0, 0.05) is 12.6 Å². The van der Waals surface area contributed by atoms with E-state index in [0.717, 1.165) is 5.56 Å². The van der Waals surface area contributed by atoms with Gasteiger partial charge in [0.25, 0.3) is 5.91 Å². The SMILES string of the molecule is C=C(C1(O)C(=O)N(C)c2ccc(C)cc21)S(=O)(=O)c1ccccc1. The molecule has 1 aliphatic heterocycles. The standard InChI is InChI=1S/C18H17NO4S/c1-12-9-10-16-15(11-12)18(21,17(20)19(16)3)13(2)24(22,23)14-7-5-4-6-8-14/h4-11,21H,2H2,1,3H3. The van der Waals surface area contributed by atoms with E-state index in [9.17, 15) is 18.3 Å². The Kier molecular flexibility index (Phi) is 3.62. The zero-order valence-corrected chi connectivity index (χ0v) is 14.2. The second-order valence-electron chi connectivity index (χ2n) is 5.83. The molecule has 0 fully saturated rings. The first-order chi connectivity index (χ1) is 11.2. The molecule has 0 spiro atoms. The van der Waals surface area contributed by atoms with E-state index in [2.05, 4.69) is 6.58 Å². The zero-order chi connectivity index (χ0) is 17.7. The first-order valence-corrected chi connectivity index (χ1v) is 8.80. The van der Waals surface area contributed by atoms with Gasteiger partial charge in [-0.15, -0.1) is 0 Å². The lowest BCUT2D eigenvalue weighted by atomic mass is 9.94. The van der Waals surface area contributed by atoms with Crippen molar-refractivity contribution in [2.24, 2.45) is 0 Å². The number of amides is 1. The molecule has 2 aromatic carbocycles. The highest BCUT2D eigenvalue weighted by Gasteiger charge is 2.54. The van der Waals surface area contributed by atoms with Crippen molar-refractivity contribution < 1.29 is 18.3 Å². The van der Waals surface area contributed by atoms with Crippen LogP contribution in [0.3, 0.4) is 0 Å². The number of rotatable bonds is 3. The Labute approximate surface area is 140 Å². The fourth-order valence-corrected chi connectivity index (χ4v) is 4.29. The van der Waals surface area contributed by atoms with Crippen LogP contribution in [0, 0.1) is 6.92 Å².